The zero-order valence-corrected chi connectivity index (χ0v) is 11.3. The van der Waals surface area contributed by atoms with Crippen molar-refractivity contribution in [2.75, 3.05) is 0 Å². The van der Waals surface area contributed by atoms with Gasteiger partial charge in [0.25, 0.3) is 0 Å². The van der Waals surface area contributed by atoms with Gasteiger partial charge in [-0.05, 0) is 24.1 Å². The van der Waals surface area contributed by atoms with Crippen molar-refractivity contribution in [2.24, 2.45) is 0 Å². The van der Waals surface area contributed by atoms with E-state index in [0.29, 0.717) is 6.07 Å². The molecule has 0 aromatic heterocycles. The van der Waals surface area contributed by atoms with Gasteiger partial charge in [-0.25, -0.2) is 8.78 Å². The number of alkyl halides is 4. The molecule has 6 heteroatoms. The second-order valence-electron chi connectivity index (χ2n) is 4.47. The maximum Gasteiger partial charge on any atom is 0.419 e. The molecule has 0 saturated carbocycles. The van der Waals surface area contributed by atoms with E-state index >= 15 is 0 Å². The monoisotopic (exact) mass is 320 g/mol. The predicted molar refractivity (Wildman–Crippen MR) is 70.1 cm³/mol. The zero-order valence-electron chi connectivity index (χ0n) is 10.6. The van der Waals surface area contributed by atoms with Gasteiger partial charge in [-0.15, -0.1) is 11.6 Å². The first-order valence-electron chi connectivity index (χ1n) is 6.03. The molecule has 0 aliphatic rings. The first-order valence-corrected chi connectivity index (χ1v) is 6.47. The van der Waals surface area contributed by atoms with Crippen molar-refractivity contribution in [3.63, 3.8) is 0 Å². The van der Waals surface area contributed by atoms with Crippen LogP contribution in [0.25, 0.3) is 0 Å². The van der Waals surface area contributed by atoms with Gasteiger partial charge in [0.15, 0.2) is 0 Å². The molecule has 0 heterocycles. The molecule has 0 bridgehead atoms. The molecule has 2 aromatic carbocycles. The van der Waals surface area contributed by atoms with Crippen molar-refractivity contribution >= 4 is 11.6 Å². The Hall–Kier alpha value is -1.62. The third kappa shape index (κ3) is 3.53. The minimum atomic E-state index is -4.80. The summed E-state index contributed by atoms with van der Waals surface area (Å²) in [5.41, 5.74) is -1.46. The van der Waals surface area contributed by atoms with E-state index in [9.17, 15) is 22.0 Å². The fourth-order valence-corrected chi connectivity index (χ4v) is 2.31. The van der Waals surface area contributed by atoms with Crippen LogP contribution in [0.4, 0.5) is 22.0 Å². The summed E-state index contributed by atoms with van der Waals surface area (Å²) in [6.07, 6.45) is -4.90. The predicted octanol–water partition coefficient (Wildman–Crippen LogP) is 5.51. The summed E-state index contributed by atoms with van der Waals surface area (Å²) in [4.78, 5) is 0. The van der Waals surface area contributed by atoms with Crippen LogP contribution in [-0.4, -0.2) is 0 Å². The van der Waals surface area contributed by atoms with Gasteiger partial charge in [-0.3, -0.25) is 0 Å². The van der Waals surface area contributed by atoms with Crippen molar-refractivity contribution < 1.29 is 22.0 Å². The van der Waals surface area contributed by atoms with Crippen molar-refractivity contribution in [3.8, 4) is 0 Å². The number of hydrogen-bond acceptors (Lipinski definition) is 0. The van der Waals surface area contributed by atoms with E-state index in [1.54, 1.807) is 6.07 Å². The van der Waals surface area contributed by atoms with Gasteiger partial charge in [0.1, 0.15) is 11.6 Å². The number of hydrogen-bond donors (Lipinski definition) is 0. The molecule has 0 fully saturated rings. The SMILES string of the molecule is Fc1ccccc1CC(Cl)c1cccc(C(F)(F)F)c1F. The lowest BCUT2D eigenvalue weighted by atomic mass is 10.0. The highest BCUT2D eigenvalue weighted by Crippen LogP contribution is 2.36. The van der Waals surface area contributed by atoms with Crippen LogP contribution in [0.3, 0.4) is 0 Å². The summed E-state index contributed by atoms with van der Waals surface area (Å²) in [5, 5.41) is -1.09. The molecule has 2 aromatic rings. The van der Waals surface area contributed by atoms with Crippen molar-refractivity contribution in [3.05, 3.63) is 70.8 Å². The highest BCUT2D eigenvalue weighted by molar-refractivity contribution is 6.21. The number of benzene rings is 2. The van der Waals surface area contributed by atoms with Gasteiger partial charge < -0.3 is 0 Å². The Labute approximate surface area is 123 Å². The minimum Gasteiger partial charge on any atom is -0.207 e. The molecule has 0 radical (unpaired) electrons. The van der Waals surface area contributed by atoms with Crippen molar-refractivity contribution in [1.82, 2.24) is 0 Å². The van der Waals surface area contributed by atoms with E-state index in [1.807, 2.05) is 0 Å². The lowest BCUT2D eigenvalue weighted by Crippen LogP contribution is -2.11. The summed E-state index contributed by atoms with van der Waals surface area (Å²) in [6, 6.07) is 8.61. The Kier molecular flexibility index (Phi) is 4.52. The molecule has 0 amide bonds. The molecule has 21 heavy (non-hydrogen) atoms. The molecule has 0 spiro atoms. The van der Waals surface area contributed by atoms with Gasteiger partial charge >= 0.3 is 6.18 Å². The fourth-order valence-electron chi connectivity index (χ4n) is 1.98. The topological polar surface area (TPSA) is 0 Å². The Morgan fingerprint density at radius 3 is 2.24 bits per heavy atom. The van der Waals surface area contributed by atoms with E-state index in [0.717, 1.165) is 6.07 Å². The smallest absolute Gasteiger partial charge is 0.207 e. The van der Waals surface area contributed by atoms with Crippen molar-refractivity contribution in [1.29, 1.82) is 0 Å². The molecule has 1 atom stereocenters. The molecule has 112 valence electrons. The van der Waals surface area contributed by atoms with E-state index in [4.69, 9.17) is 11.6 Å². The van der Waals surface area contributed by atoms with Crippen LogP contribution in [0.15, 0.2) is 42.5 Å². The van der Waals surface area contributed by atoms with Crippen LogP contribution < -0.4 is 0 Å². The lowest BCUT2D eigenvalue weighted by Gasteiger charge is -2.15. The lowest BCUT2D eigenvalue weighted by molar-refractivity contribution is -0.140. The molecule has 0 saturated heterocycles. The van der Waals surface area contributed by atoms with Gasteiger partial charge in [0, 0.05) is 5.56 Å². The molecular formula is C15H10ClF5. The van der Waals surface area contributed by atoms with Crippen LogP contribution >= 0.6 is 11.6 Å². The number of halogens is 6. The van der Waals surface area contributed by atoms with Gasteiger partial charge in [0.2, 0.25) is 0 Å². The molecule has 2 rings (SSSR count). The molecule has 0 aliphatic heterocycles. The third-order valence-electron chi connectivity index (χ3n) is 3.03. The van der Waals surface area contributed by atoms with E-state index < -0.39 is 28.8 Å². The standard InChI is InChI=1S/C15H10ClF5/c16-12(8-9-4-1-2-7-13(9)17)10-5-3-6-11(14(10)18)15(19,20)21/h1-7,12H,8H2. The summed E-state index contributed by atoms with van der Waals surface area (Å²) < 4.78 is 65.3. The van der Waals surface area contributed by atoms with Gasteiger partial charge in [-0.2, -0.15) is 13.2 Å². The van der Waals surface area contributed by atoms with Crippen LogP contribution in [0.1, 0.15) is 22.1 Å². The van der Waals surface area contributed by atoms with E-state index in [-0.39, 0.29) is 17.5 Å². The maximum atomic E-state index is 13.9. The molecule has 0 aliphatic carbocycles. The second-order valence-corrected chi connectivity index (χ2v) is 5.00. The highest BCUT2D eigenvalue weighted by atomic mass is 35.5. The summed E-state index contributed by atoms with van der Waals surface area (Å²) >= 11 is 5.97. The average Bonchev–Trinajstić information content (AvgIpc) is 2.40. The Morgan fingerprint density at radius 2 is 1.62 bits per heavy atom. The molecule has 0 nitrogen and oxygen atoms in total. The van der Waals surface area contributed by atoms with Crippen LogP contribution in [-0.2, 0) is 12.6 Å². The highest BCUT2D eigenvalue weighted by Gasteiger charge is 2.35. The molecule has 0 N–H and O–H groups in total. The third-order valence-corrected chi connectivity index (χ3v) is 3.42. The first kappa shape index (κ1) is 15.8. The zero-order chi connectivity index (χ0) is 15.6. The normalized spacial score (nSPS) is 13.2. The maximum absolute atomic E-state index is 13.9. The minimum absolute atomic E-state index is 0.105. The van der Waals surface area contributed by atoms with E-state index in [1.165, 1.54) is 24.3 Å². The van der Waals surface area contributed by atoms with Gasteiger partial charge in [0.05, 0.1) is 10.9 Å². The average molecular weight is 321 g/mol. The van der Waals surface area contributed by atoms with Crippen LogP contribution in [0, 0.1) is 11.6 Å². The summed E-state index contributed by atoms with van der Waals surface area (Å²) in [7, 11) is 0. The van der Waals surface area contributed by atoms with Crippen LogP contribution in [0.2, 0.25) is 0 Å². The Morgan fingerprint density at radius 1 is 0.952 bits per heavy atom. The van der Waals surface area contributed by atoms with E-state index in [2.05, 4.69) is 0 Å². The summed E-state index contributed by atoms with van der Waals surface area (Å²) in [5.74, 6) is -1.95. The largest absolute Gasteiger partial charge is 0.419 e. The number of rotatable bonds is 3. The quantitative estimate of drug-likeness (QED) is 0.517. The van der Waals surface area contributed by atoms with Crippen LogP contribution in [0.5, 0.6) is 0 Å². The fraction of sp³-hybridized carbons (Fsp3) is 0.200. The van der Waals surface area contributed by atoms with Crippen molar-refractivity contribution in [2.45, 2.75) is 18.0 Å². The summed E-state index contributed by atoms with van der Waals surface area (Å²) in [6.45, 7) is 0. The molecular weight excluding hydrogens is 311 g/mol. The second kappa shape index (κ2) is 6.02. The Balaban J connectivity index is 2.32. The first-order chi connectivity index (χ1) is 9.80. The molecule has 1 unspecified atom stereocenters. The van der Waals surface area contributed by atoms with Gasteiger partial charge in [-0.1, -0.05) is 30.3 Å². The Bertz CT molecular complexity index is 636.